The van der Waals surface area contributed by atoms with Gasteiger partial charge in [-0.05, 0) is 12.8 Å². The minimum atomic E-state index is -1.60. The minimum Gasteiger partial charge on any atom is -0.394 e. The van der Waals surface area contributed by atoms with Gasteiger partial charge in [0.2, 0.25) is 5.91 Å². The van der Waals surface area contributed by atoms with Gasteiger partial charge in [0.1, 0.15) is 30.5 Å². The van der Waals surface area contributed by atoms with Gasteiger partial charge in [-0.25, -0.2) is 0 Å². The van der Waals surface area contributed by atoms with E-state index in [9.17, 15) is 35.4 Å². The maximum Gasteiger partial charge on any atom is 0.220 e. The zero-order valence-electron chi connectivity index (χ0n) is 40.5. The summed E-state index contributed by atoms with van der Waals surface area (Å²) >= 11 is 0. The number of hydrogen-bond donors (Lipinski definition) is 7. The van der Waals surface area contributed by atoms with Gasteiger partial charge in [0.05, 0.1) is 25.4 Å². The Balaban J connectivity index is 2.20. The summed E-state index contributed by atoms with van der Waals surface area (Å²) in [5.74, 6) is -0.252. The van der Waals surface area contributed by atoms with E-state index in [0.717, 1.165) is 44.9 Å². The monoisotopic (exact) mass is 886 g/mol. The summed E-state index contributed by atoms with van der Waals surface area (Å²) in [4.78, 5) is 13.0. The number of rotatable bonds is 46. The summed E-state index contributed by atoms with van der Waals surface area (Å²) in [7, 11) is 0. The van der Waals surface area contributed by atoms with Crippen molar-refractivity contribution < 1.29 is 44.9 Å². The number of aliphatic hydroxyl groups excluding tert-OH is 6. The molecule has 0 radical (unpaired) electrons. The Bertz CT molecular complexity index is 957. The maximum atomic E-state index is 13.0. The van der Waals surface area contributed by atoms with Crippen LogP contribution in [0.25, 0.3) is 0 Å². The number of aliphatic hydroxyl groups is 6. The number of nitrogens with one attached hydrogen (secondary N) is 1. The average Bonchev–Trinajstić information content (AvgIpc) is 3.27. The van der Waals surface area contributed by atoms with E-state index in [1.54, 1.807) is 0 Å². The van der Waals surface area contributed by atoms with Gasteiger partial charge in [0.15, 0.2) is 6.29 Å². The predicted octanol–water partition coefficient (Wildman–Crippen LogP) is 11.3. The smallest absolute Gasteiger partial charge is 0.220 e. The lowest BCUT2D eigenvalue weighted by atomic mass is 9.98. The van der Waals surface area contributed by atoms with Crippen LogP contribution in [-0.2, 0) is 14.3 Å². The first kappa shape index (κ1) is 59.2. The average molecular weight is 886 g/mol. The van der Waals surface area contributed by atoms with E-state index in [0.29, 0.717) is 6.42 Å². The van der Waals surface area contributed by atoms with Crippen LogP contribution < -0.4 is 5.32 Å². The molecule has 7 N–H and O–H groups in total. The van der Waals surface area contributed by atoms with Gasteiger partial charge in [-0.3, -0.25) is 4.79 Å². The molecule has 0 aromatic carbocycles. The quantitative estimate of drug-likeness (QED) is 0.0294. The van der Waals surface area contributed by atoms with E-state index in [-0.39, 0.29) is 18.9 Å². The highest BCUT2D eigenvalue weighted by Crippen LogP contribution is 2.23. The predicted molar refractivity (Wildman–Crippen MR) is 255 cm³/mol. The zero-order chi connectivity index (χ0) is 45.3. The summed E-state index contributed by atoms with van der Waals surface area (Å²) in [5.41, 5.74) is 0. The van der Waals surface area contributed by atoms with E-state index < -0.39 is 55.6 Å². The summed E-state index contributed by atoms with van der Waals surface area (Å²) in [6.07, 6.45) is 38.5. The first-order valence-corrected chi connectivity index (χ1v) is 26.8. The molecule has 1 heterocycles. The molecule has 1 fully saturated rings. The van der Waals surface area contributed by atoms with Crippen LogP contribution in [0.1, 0.15) is 264 Å². The van der Waals surface area contributed by atoms with Gasteiger partial charge in [0, 0.05) is 6.42 Å². The van der Waals surface area contributed by atoms with Crippen molar-refractivity contribution in [3.8, 4) is 0 Å². The van der Waals surface area contributed by atoms with Gasteiger partial charge >= 0.3 is 0 Å². The van der Waals surface area contributed by atoms with Crippen LogP contribution in [0, 0.1) is 0 Å². The molecule has 62 heavy (non-hydrogen) atoms. The van der Waals surface area contributed by atoms with Crippen molar-refractivity contribution in [1.82, 2.24) is 5.32 Å². The summed E-state index contributed by atoms with van der Waals surface area (Å²) in [5, 5.41) is 65.3. The van der Waals surface area contributed by atoms with Gasteiger partial charge in [-0.1, -0.05) is 245 Å². The molecule has 1 aliphatic heterocycles. The molecule has 0 bridgehead atoms. The fraction of sp³-hybridized carbons (Fsp3) is 0.981. The molecule has 10 heteroatoms. The first-order valence-electron chi connectivity index (χ1n) is 26.8. The van der Waals surface area contributed by atoms with Gasteiger partial charge < -0.3 is 45.4 Å². The molecule has 10 nitrogen and oxygen atoms in total. The molecule has 1 aliphatic rings. The van der Waals surface area contributed by atoms with E-state index >= 15 is 0 Å². The third kappa shape index (κ3) is 31.9. The summed E-state index contributed by atoms with van der Waals surface area (Å²) < 4.78 is 11.2. The second kappa shape index (κ2) is 42.8. The Morgan fingerprint density at radius 1 is 0.500 bits per heavy atom. The summed E-state index contributed by atoms with van der Waals surface area (Å²) in [6.45, 7) is 3.63. The second-order valence-electron chi connectivity index (χ2n) is 19.2. The van der Waals surface area contributed by atoms with Crippen molar-refractivity contribution >= 4 is 5.91 Å². The highest BCUT2D eigenvalue weighted by Gasteiger charge is 2.44. The van der Waals surface area contributed by atoms with Gasteiger partial charge in [-0.15, -0.1) is 0 Å². The molecule has 2 unspecified atom stereocenters. The van der Waals surface area contributed by atoms with Crippen molar-refractivity contribution in [2.45, 2.75) is 313 Å². The van der Waals surface area contributed by atoms with Crippen molar-refractivity contribution in [3.63, 3.8) is 0 Å². The van der Waals surface area contributed by atoms with Gasteiger partial charge in [0.25, 0.3) is 0 Å². The Morgan fingerprint density at radius 2 is 0.839 bits per heavy atom. The molecule has 1 amide bonds. The molecule has 0 saturated carbocycles. The van der Waals surface area contributed by atoms with E-state index in [4.69, 9.17) is 9.47 Å². The molecule has 0 aromatic rings. The van der Waals surface area contributed by atoms with Crippen LogP contribution in [-0.4, -0.2) is 98.7 Å². The number of unbranched alkanes of at least 4 members (excludes halogenated alkanes) is 35. The molecule has 8 atom stereocenters. The Hall–Kier alpha value is -0.850. The molecule has 0 aliphatic carbocycles. The van der Waals surface area contributed by atoms with Crippen LogP contribution in [0.2, 0.25) is 0 Å². The number of amides is 1. The second-order valence-corrected chi connectivity index (χ2v) is 19.2. The van der Waals surface area contributed by atoms with Crippen LogP contribution in [0.5, 0.6) is 0 Å². The molecule has 370 valence electrons. The molecular weight excluding hydrogens is 783 g/mol. The number of carbonyl (C=O) groups excluding carboxylic acids is 1. The van der Waals surface area contributed by atoms with Crippen molar-refractivity contribution in [1.29, 1.82) is 0 Å². The fourth-order valence-electron chi connectivity index (χ4n) is 8.97. The number of hydrogen-bond acceptors (Lipinski definition) is 9. The van der Waals surface area contributed by atoms with E-state index in [1.165, 1.54) is 193 Å². The van der Waals surface area contributed by atoms with E-state index in [1.807, 2.05) is 0 Å². The van der Waals surface area contributed by atoms with Gasteiger partial charge in [-0.2, -0.15) is 0 Å². The highest BCUT2D eigenvalue weighted by atomic mass is 16.7. The molecule has 0 aromatic heterocycles. The van der Waals surface area contributed by atoms with Crippen LogP contribution in [0.3, 0.4) is 0 Å². The lowest BCUT2D eigenvalue weighted by Gasteiger charge is -2.40. The normalized spacial score (nSPS) is 20.7. The number of ether oxygens (including phenoxy) is 2. The first-order chi connectivity index (χ1) is 30.3. The Morgan fingerprint density at radius 3 is 1.19 bits per heavy atom. The maximum absolute atomic E-state index is 13.0. The van der Waals surface area contributed by atoms with Crippen molar-refractivity contribution in [2.24, 2.45) is 0 Å². The molecule has 0 spiro atoms. The van der Waals surface area contributed by atoms with Crippen LogP contribution in [0.4, 0.5) is 0 Å². The fourth-order valence-corrected chi connectivity index (χ4v) is 8.97. The number of carbonyl (C=O) groups is 1. The van der Waals surface area contributed by atoms with Crippen molar-refractivity contribution in [3.05, 3.63) is 0 Å². The molecule has 1 saturated heterocycles. The third-order valence-corrected chi connectivity index (χ3v) is 13.3. The zero-order valence-corrected chi connectivity index (χ0v) is 40.5. The topological polar surface area (TPSA) is 169 Å². The Kier molecular flexibility index (Phi) is 40.8. The van der Waals surface area contributed by atoms with Crippen molar-refractivity contribution in [2.75, 3.05) is 13.2 Å². The summed E-state index contributed by atoms with van der Waals surface area (Å²) in [6, 6.07) is -0.985. The lowest BCUT2D eigenvalue weighted by Crippen LogP contribution is -2.60. The van der Waals surface area contributed by atoms with E-state index in [2.05, 4.69) is 19.2 Å². The van der Waals surface area contributed by atoms with Crippen LogP contribution >= 0.6 is 0 Å². The minimum absolute atomic E-state index is 0.252. The Labute approximate surface area is 381 Å². The standard InChI is InChI=1S/C52H103NO9/c1-3-5-7-9-11-13-15-16-17-18-19-20-21-22-23-24-25-26-27-28-29-31-33-35-37-39-41-47(56)53-44(43-61-52-51(60)50(59)49(58)46(42-54)62-52)48(57)45(55)40-38-36-34-32-30-14-12-10-8-6-4-2/h44-46,48-52,54-55,57-60H,3-43H2,1-2H3,(H,53,56)/t44-,45+,46+,48-,49-,50?,51?,52+/m0/s1. The third-order valence-electron chi connectivity index (χ3n) is 13.3. The highest BCUT2D eigenvalue weighted by molar-refractivity contribution is 5.76. The van der Waals surface area contributed by atoms with Crippen LogP contribution in [0.15, 0.2) is 0 Å². The molecule has 1 rings (SSSR count). The molecular formula is C52H103NO9. The largest absolute Gasteiger partial charge is 0.394 e. The SMILES string of the molecule is CCCCCCCCCCCCCCCCCCCCCCCCCCCCC(=O)N[C@@H](CO[C@@H]1O[C@H](CO)[C@H](O)C(O)C1O)[C@H](O)[C@H](O)CCCCCCCCCCCCC. The lowest BCUT2D eigenvalue weighted by molar-refractivity contribution is -0.303.